The highest BCUT2D eigenvalue weighted by molar-refractivity contribution is 5.33. The fourth-order valence-electron chi connectivity index (χ4n) is 2.47. The van der Waals surface area contributed by atoms with Crippen molar-refractivity contribution in [3.8, 4) is 0 Å². The zero-order valence-corrected chi connectivity index (χ0v) is 9.65. The molecule has 84 valence electrons. The molecule has 1 aromatic rings. The van der Waals surface area contributed by atoms with E-state index >= 15 is 0 Å². The minimum absolute atomic E-state index is 0.424. The number of benzene rings is 1. The van der Waals surface area contributed by atoms with E-state index in [-0.39, 0.29) is 0 Å². The SMILES string of the molecule is C=CC[C@@H]1Cc2ccccc2[C@H](CC=C)N1. The summed E-state index contributed by atoms with van der Waals surface area (Å²) in [4.78, 5) is 0. The smallest absolute Gasteiger partial charge is 0.0360 e. The van der Waals surface area contributed by atoms with Crippen molar-refractivity contribution in [3.63, 3.8) is 0 Å². The molecule has 1 aliphatic rings. The van der Waals surface area contributed by atoms with Gasteiger partial charge in [0.15, 0.2) is 0 Å². The summed E-state index contributed by atoms with van der Waals surface area (Å²) >= 11 is 0. The van der Waals surface area contributed by atoms with Gasteiger partial charge in [0.1, 0.15) is 0 Å². The van der Waals surface area contributed by atoms with Crippen LogP contribution < -0.4 is 5.32 Å². The Balaban J connectivity index is 2.25. The molecule has 2 atom stereocenters. The van der Waals surface area contributed by atoms with Gasteiger partial charge in [-0.25, -0.2) is 0 Å². The van der Waals surface area contributed by atoms with E-state index in [1.165, 1.54) is 11.1 Å². The third-order valence-corrected chi connectivity index (χ3v) is 3.19. The van der Waals surface area contributed by atoms with E-state index in [2.05, 4.69) is 42.7 Å². The minimum atomic E-state index is 0.424. The lowest BCUT2D eigenvalue weighted by Crippen LogP contribution is -2.38. The van der Waals surface area contributed by atoms with Crippen molar-refractivity contribution in [1.29, 1.82) is 0 Å². The van der Waals surface area contributed by atoms with Gasteiger partial charge >= 0.3 is 0 Å². The Morgan fingerprint density at radius 1 is 1.19 bits per heavy atom. The van der Waals surface area contributed by atoms with Crippen LogP contribution in [0.5, 0.6) is 0 Å². The minimum Gasteiger partial charge on any atom is -0.306 e. The number of hydrogen-bond donors (Lipinski definition) is 1. The Morgan fingerprint density at radius 2 is 1.94 bits per heavy atom. The van der Waals surface area contributed by atoms with Crippen LogP contribution >= 0.6 is 0 Å². The lowest BCUT2D eigenvalue weighted by atomic mass is 9.88. The molecule has 0 fully saturated rings. The van der Waals surface area contributed by atoms with Crippen molar-refractivity contribution in [2.45, 2.75) is 31.3 Å². The summed E-state index contributed by atoms with van der Waals surface area (Å²) in [5.41, 5.74) is 2.91. The fourth-order valence-corrected chi connectivity index (χ4v) is 2.47. The van der Waals surface area contributed by atoms with Gasteiger partial charge in [0.25, 0.3) is 0 Å². The van der Waals surface area contributed by atoms with Crippen molar-refractivity contribution >= 4 is 0 Å². The first kappa shape index (κ1) is 11.2. The molecule has 0 bridgehead atoms. The number of nitrogens with one attached hydrogen (secondary N) is 1. The van der Waals surface area contributed by atoms with Crippen LogP contribution in [0.3, 0.4) is 0 Å². The maximum atomic E-state index is 3.84. The molecule has 1 N–H and O–H groups in total. The molecule has 1 nitrogen and oxygen atoms in total. The van der Waals surface area contributed by atoms with E-state index in [9.17, 15) is 0 Å². The molecule has 1 aliphatic heterocycles. The summed E-state index contributed by atoms with van der Waals surface area (Å²) in [6, 6.07) is 9.65. The van der Waals surface area contributed by atoms with E-state index in [0.717, 1.165) is 19.3 Å². The third kappa shape index (κ3) is 2.25. The summed E-state index contributed by atoms with van der Waals surface area (Å²) in [7, 11) is 0. The molecule has 0 saturated carbocycles. The topological polar surface area (TPSA) is 12.0 Å². The number of hydrogen-bond acceptors (Lipinski definition) is 1. The monoisotopic (exact) mass is 213 g/mol. The van der Waals surface area contributed by atoms with Crippen molar-refractivity contribution in [2.24, 2.45) is 0 Å². The van der Waals surface area contributed by atoms with Gasteiger partial charge in [-0.05, 0) is 30.4 Å². The molecular formula is C15H19N. The standard InChI is InChI=1S/C15H19N/c1-3-7-13-11-12-9-5-6-10-14(12)15(16-13)8-4-2/h3-6,9-10,13,15-16H,1-2,7-8,11H2/t13-,15+/m1/s1. The zero-order valence-electron chi connectivity index (χ0n) is 9.65. The first-order valence-corrected chi connectivity index (χ1v) is 5.90. The van der Waals surface area contributed by atoms with Crippen LogP contribution in [0.25, 0.3) is 0 Å². The lowest BCUT2D eigenvalue weighted by Gasteiger charge is -2.32. The molecule has 16 heavy (non-hydrogen) atoms. The summed E-state index contributed by atoms with van der Waals surface area (Å²) in [5.74, 6) is 0. The molecule has 0 aromatic heterocycles. The first-order valence-electron chi connectivity index (χ1n) is 5.90. The van der Waals surface area contributed by atoms with Gasteiger partial charge in [-0.3, -0.25) is 0 Å². The lowest BCUT2D eigenvalue weighted by molar-refractivity contribution is 0.406. The zero-order chi connectivity index (χ0) is 11.4. The van der Waals surface area contributed by atoms with Crippen LogP contribution in [0, 0.1) is 0 Å². The van der Waals surface area contributed by atoms with Gasteiger partial charge in [0, 0.05) is 12.1 Å². The average molecular weight is 213 g/mol. The Kier molecular flexibility index (Phi) is 3.58. The number of rotatable bonds is 4. The van der Waals surface area contributed by atoms with Crippen LogP contribution in [-0.4, -0.2) is 6.04 Å². The van der Waals surface area contributed by atoms with Crippen LogP contribution in [0.1, 0.15) is 30.0 Å². The van der Waals surface area contributed by atoms with E-state index in [4.69, 9.17) is 0 Å². The van der Waals surface area contributed by atoms with Crippen LogP contribution in [-0.2, 0) is 6.42 Å². The highest BCUT2D eigenvalue weighted by Gasteiger charge is 2.23. The molecule has 1 heterocycles. The highest BCUT2D eigenvalue weighted by atomic mass is 15.0. The van der Waals surface area contributed by atoms with Gasteiger partial charge in [-0.15, -0.1) is 13.2 Å². The van der Waals surface area contributed by atoms with Crippen molar-refractivity contribution in [3.05, 3.63) is 60.7 Å². The van der Waals surface area contributed by atoms with E-state index < -0.39 is 0 Å². The summed E-state index contributed by atoms with van der Waals surface area (Å²) < 4.78 is 0. The Labute approximate surface area is 97.9 Å². The van der Waals surface area contributed by atoms with Crippen molar-refractivity contribution in [2.75, 3.05) is 0 Å². The quantitative estimate of drug-likeness (QED) is 0.756. The Morgan fingerprint density at radius 3 is 2.69 bits per heavy atom. The molecule has 0 amide bonds. The molecule has 1 aromatic carbocycles. The molecule has 0 radical (unpaired) electrons. The predicted molar refractivity (Wildman–Crippen MR) is 69.4 cm³/mol. The second-order valence-corrected chi connectivity index (χ2v) is 4.37. The number of fused-ring (bicyclic) bond motifs is 1. The van der Waals surface area contributed by atoms with Gasteiger partial charge in [-0.2, -0.15) is 0 Å². The summed E-state index contributed by atoms with van der Waals surface area (Å²) in [6.07, 6.45) is 7.11. The summed E-state index contributed by atoms with van der Waals surface area (Å²) in [6.45, 7) is 7.66. The molecule has 0 unspecified atom stereocenters. The normalized spacial score (nSPS) is 23.5. The third-order valence-electron chi connectivity index (χ3n) is 3.19. The van der Waals surface area contributed by atoms with E-state index in [0.29, 0.717) is 12.1 Å². The largest absolute Gasteiger partial charge is 0.306 e. The Bertz CT molecular complexity index is 381. The Hall–Kier alpha value is -1.34. The van der Waals surface area contributed by atoms with E-state index in [1.807, 2.05) is 12.2 Å². The maximum Gasteiger partial charge on any atom is 0.0360 e. The molecule has 0 spiro atoms. The van der Waals surface area contributed by atoms with Crippen molar-refractivity contribution < 1.29 is 0 Å². The predicted octanol–water partition coefficient (Wildman–Crippen LogP) is 3.39. The van der Waals surface area contributed by atoms with Crippen LogP contribution in [0.4, 0.5) is 0 Å². The van der Waals surface area contributed by atoms with Gasteiger partial charge in [0.05, 0.1) is 0 Å². The molecular weight excluding hydrogens is 194 g/mol. The molecule has 2 rings (SSSR count). The fraction of sp³-hybridized carbons (Fsp3) is 0.333. The van der Waals surface area contributed by atoms with Crippen molar-refractivity contribution in [1.82, 2.24) is 5.32 Å². The van der Waals surface area contributed by atoms with Gasteiger partial charge < -0.3 is 5.32 Å². The maximum absolute atomic E-state index is 3.84. The van der Waals surface area contributed by atoms with Crippen LogP contribution in [0.2, 0.25) is 0 Å². The first-order chi connectivity index (χ1) is 7.85. The van der Waals surface area contributed by atoms with Crippen LogP contribution in [0.15, 0.2) is 49.6 Å². The average Bonchev–Trinajstić information content (AvgIpc) is 2.30. The second kappa shape index (κ2) is 5.13. The molecule has 1 heteroatoms. The molecule has 0 saturated heterocycles. The van der Waals surface area contributed by atoms with Gasteiger partial charge in [-0.1, -0.05) is 36.4 Å². The van der Waals surface area contributed by atoms with E-state index in [1.54, 1.807) is 0 Å². The second-order valence-electron chi connectivity index (χ2n) is 4.37. The summed E-state index contributed by atoms with van der Waals surface area (Å²) in [5, 5.41) is 3.67. The highest BCUT2D eigenvalue weighted by Crippen LogP contribution is 2.28. The van der Waals surface area contributed by atoms with Gasteiger partial charge in [0.2, 0.25) is 0 Å². The molecule has 0 aliphatic carbocycles.